The first-order valence-electron chi connectivity index (χ1n) is 4.67. The fourth-order valence-corrected chi connectivity index (χ4v) is 1.36. The van der Waals surface area contributed by atoms with Crippen LogP contribution in [0, 0.1) is 6.92 Å². The van der Waals surface area contributed by atoms with Crippen molar-refractivity contribution in [1.29, 1.82) is 0 Å². The molecule has 1 aromatic heterocycles. The maximum absolute atomic E-state index is 9.12. The molecular formula is C9H14ClN3O3. The van der Waals surface area contributed by atoms with Gasteiger partial charge in [0.2, 0.25) is 0 Å². The molecule has 0 unspecified atom stereocenters. The lowest BCUT2D eigenvalue weighted by atomic mass is 10.0. The van der Waals surface area contributed by atoms with Gasteiger partial charge in [-0.2, -0.15) is 0 Å². The van der Waals surface area contributed by atoms with Gasteiger partial charge in [0, 0.05) is 6.07 Å². The van der Waals surface area contributed by atoms with Crippen LogP contribution < -0.4 is 5.32 Å². The number of aliphatic hydroxyl groups is 3. The number of anilines is 1. The Labute approximate surface area is 97.9 Å². The van der Waals surface area contributed by atoms with Crippen molar-refractivity contribution in [3.63, 3.8) is 0 Å². The van der Waals surface area contributed by atoms with Crippen LogP contribution in [0.1, 0.15) is 5.82 Å². The summed E-state index contributed by atoms with van der Waals surface area (Å²) in [7, 11) is 0. The van der Waals surface area contributed by atoms with Crippen LogP contribution >= 0.6 is 11.6 Å². The molecule has 16 heavy (non-hydrogen) atoms. The van der Waals surface area contributed by atoms with E-state index in [4.69, 9.17) is 26.9 Å². The highest BCUT2D eigenvalue weighted by molar-refractivity contribution is 6.29. The number of hydrogen-bond donors (Lipinski definition) is 4. The molecule has 0 bridgehead atoms. The Morgan fingerprint density at radius 3 is 2.25 bits per heavy atom. The molecule has 0 amide bonds. The highest BCUT2D eigenvalue weighted by Crippen LogP contribution is 2.16. The zero-order valence-corrected chi connectivity index (χ0v) is 9.57. The van der Waals surface area contributed by atoms with E-state index in [-0.39, 0.29) is 5.15 Å². The van der Waals surface area contributed by atoms with E-state index in [1.54, 1.807) is 6.92 Å². The maximum atomic E-state index is 9.12. The van der Waals surface area contributed by atoms with E-state index in [1.807, 2.05) is 0 Å². The fraction of sp³-hybridized carbons (Fsp3) is 0.556. The van der Waals surface area contributed by atoms with Gasteiger partial charge < -0.3 is 20.6 Å². The minimum absolute atomic E-state index is 0.248. The molecule has 0 aliphatic rings. The Kier molecular flexibility index (Phi) is 4.43. The molecule has 0 atom stereocenters. The summed E-state index contributed by atoms with van der Waals surface area (Å²) in [6, 6.07) is 1.45. The Bertz CT molecular complexity index is 329. The lowest BCUT2D eigenvalue weighted by Gasteiger charge is -2.29. The molecule has 4 N–H and O–H groups in total. The number of hydrogen-bond acceptors (Lipinski definition) is 6. The molecule has 7 heteroatoms. The van der Waals surface area contributed by atoms with Gasteiger partial charge >= 0.3 is 0 Å². The van der Waals surface area contributed by atoms with Gasteiger partial charge in [0.05, 0.1) is 19.8 Å². The van der Waals surface area contributed by atoms with E-state index in [0.29, 0.717) is 11.6 Å². The van der Waals surface area contributed by atoms with Gasteiger partial charge in [0.1, 0.15) is 22.3 Å². The SMILES string of the molecule is Cc1nc(Cl)cc(NC(CO)(CO)CO)n1. The van der Waals surface area contributed by atoms with Gasteiger partial charge in [-0.3, -0.25) is 0 Å². The third kappa shape index (κ3) is 3.02. The lowest BCUT2D eigenvalue weighted by Crippen LogP contribution is -2.49. The van der Waals surface area contributed by atoms with Gasteiger partial charge in [0.25, 0.3) is 0 Å². The number of aliphatic hydroxyl groups excluding tert-OH is 3. The normalized spacial score (nSPS) is 11.6. The number of aryl methyl sites for hydroxylation is 1. The largest absolute Gasteiger partial charge is 0.394 e. The van der Waals surface area contributed by atoms with Crippen molar-refractivity contribution in [2.75, 3.05) is 25.1 Å². The second-order valence-electron chi connectivity index (χ2n) is 3.50. The molecule has 0 saturated heterocycles. The third-order valence-electron chi connectivity index (χ3n) is 2.11. The third-order valence-corrected chi connectivity index (χ3v) is 2.30. The molecule has 0 fully saturated rings. The van der Waals surface area contributed by atoms with Crippen LogP contribution in [0.15, 0.2) is 6.07 Å². The fourth-order valence-electron chi connectivity index (χ4n) is 1.14. The monoisotopic (exact) mass is 247 g/mol. The summed E-state index contributed by atoms with van der Waals surface area (Å²) in [5, 5.41) is 30.3. The molecule has 0 radical (unpaired) electrons. The predicted molar refractivity (Wildman–Crippen MR) is 59.4 cm³/mol. The summed E-state index contributed by atoms with van der Waals surface area (Å²) in [6.07, 6.45) is 0. The molecule has 1 aromatic rings. The Balaban J connectivity index is 2.93. The highest BCUT2D eigenvalue weighted by Gasteiger charge is 2.28. The van der Waals surface area contributed by atoms with Crippen LogP contribution in [0.4, 0.5) is 5.82 Å². The topological polar surface area (TPSA) is 98.5 Å². The first-order chi connectivity index (χ1) is 7.55. The van der Waals surface area contributed by atoms with Crippen LogP contribution in [0.2, 0.25) is 5.15 Å². The Morgan fingerprint density at radius 1 is 1.25 bits per heavy atom. The molecule has 0 aliphatic heterocycles. The van der Waals surface area contributed by atoms with Crippen LogP contribution in [0.5, 0.6) is 0 Å². The van der Waals surface area contributed by atoms with Crippen LogP contribution in [0.3, 0.4) is 0 Å². The Hall–Kier alpha value is -0.950. The number of aromatic nitrogens is 2. The summed E-state index contributed by atoms with van der Waals surface area (Å²) in [5.74, 6) is 0.798. The van der Waals surface area contributed by atoms with Crippen LogP contribution in [-0.4, -0.2) is 50.6 Å². The number of rotatable bonds is 5. The predicted octanol–water partition coefficient (Wildman–Crippen LogP) is -0.434. The molecule has 1 heterocycles. The van der Waals surface area contributed by atoms with Crippen molar-refractivity contribution in [3.8, 4) is 0 Å². The van der Waals surface area contributed by atoms with Gasteiger partial charge in [-0.15, -0.1) is 0 Å². The average molecular weight is 248 g/mol. The summed E-state index contributed by atoms with van der Waals surface area (Å²) in [4.78, 5) is 7.89. The summed E-state index contributed by atoms with van der Waals surface area (Å²) < 4.78 is 0. The van der Waals surface area contributed by atoms with Crippen molar-refractivity contribution in [3.05, 3.63) is 17.0 Å². The van der Waals surface area contributed by atoms with Gasteiger partial charge in [-0.1, -0.05) is 11.6 Å². The minimum Gasteiger partial charge on any atom is -0.394 e. The van der Waals surface area contributed by atoms with E-state index in [1.165, 1.54) is 6.07 Å². The second kappa shape index (κ2) is 5.40. The molecular weight excluding hydrogens is 234 g/mol. The quantitative estimate of drug-likeness (QED) is 0.527. The highest BCUT2D eigenvalue weighted by atomic mass is 35.5. The van der Waals surface area contributed by atoms with Crippen molar-refractivity contribution >= 4 is 17.4 Å². The first-order valence-corrected chi connectivity index (χ1v) is 5.05. The van der Waals surface area contributed by atoms with E-state index in [2.05, 4.69) is 15.3 Å². The van der Waals surface area contributed by atoms with Gasteiger partial charge in [0.15, 0.2) is 0 Å². The van der Waals surface area contributed by atoms with E-state index in [9.17, 15) is 0 Å². The van der Waals surface area contributed by atoms with Crippen molar-refractivity contribution in [2.24, 2.45) is 0 Å². The molecule has 1 rings (SSSR count). The summed E-state index contributed by atoms with van der Waals surface area (Å²) >= 11 is 5.73. The molecule has 0 spiro atoms. The van der Waals surface area contributed by atoms with Gasteiger partial charge in [-0.25, -0.2) is 9.97 Å². The minimum atomic E-state index is -1.22. The first kappa shape index (κ1) is 13.1. The zero-order chi connectivity index (χ0) is 12.2. The number of nitrogens with one attached hydrogen (secondary N) is 1. The van der Waals surface area contributed by atoms with Gasteiger partial charge in [-0.05, 0) is 6.92 Å². The lowest BCUT2D eigenvalue weighted by molar-refractivity contribution is 0.0831. The molecule has 0 aliphatic carbocycles. The average Bonchev–Trinajstić information content (AvgIpc) is 2.25. The summed E-state index contributed by atoms with van der Waals surface area (Å²) in [6.45, 7) is 0.373. The van der Waals surface area contributed by atoms with Crippen molar-refractivity contribution in [2.45, 2.75) is 12.5 Å². The van der Waals surface area contributed by atoms with Crippen LogP contribution in [-0.2, 0) is 0 Å². The van der Waals surface area contributed by atoms with E-state index >= 15 is 0 Å². The Morgan fingerprint density at radius 2 is 1.81 bits per heavy atom. The zero-order valence-electron chi connectivity index (χ0n) is 8.81. The molecule has 90 valence electrons. The number of halogens is 1. The van der Waals surface area contributed by atoms with Crippen LogP contribution in [0.25, 0.3) is 0 Å². The molecule has 0 aromatic carbocycles. The smallest absolute Gasteiger partial charge is 0.134 e. The van der Waals surface area contributed by atoms with Crippen molar-refractivity contribution < 1.29 is 15.3 Å². The maximum Gasteiger partial charge on any atom is 0.134 e. The molecule has 6 nitrogen and oxygen atoms in total. The number of nitrogens with zero attached hydrogens (tertiary/aromatic N) is 2. The standard InChI is InChI=1S/C9H14ClN3O3/c1-6-11-7(10)2-8(12-6)13-9(3-14,4-15)5-16/h2,14-16H,3-5H2,1H3,(H,11,12,13). The van der Waals surface area contributed by atoms with Crippen molar-refractivity contribution in [1.82, 2.24) is 9.97 Å². The van der Waals surface area contributed by atoms with E-state index < -0.39 is 25.4 Å². The summed E-state index contributed by atoms with van der Waals surface area (Å²) in [5.41, 5.74) is -1.22. The second-order valence-corrected chi connectivity index (χ2v) is 3.89. The molecule has 0 saturated carbocycles. The van der Waals surface area contributed by atoms with E-state index in [0.717, 1.165) is 0 Å².